The van der Waals surface area contributed by atoms with Gasteiger partial charge in [0.1, 0.15) is 5.76 Å². The van der Waals surface area contributed by atoms with E-state index < -0.39 is 0 Å². The molecule has 1 saturated heterocycles. The SMILES string of the molecule is Cc1cc(-c2nc(N3CCCC(C)(CN)C3)n[nH]2)no1. The highest BCUT2D eigenvalue weighted by molar-refractivity contribution is 5.50. The molecule has 3 rings (SSSR count). The molecule has 3 N–H and O–H groups in total. The van der Waals surface area contributed by atoms with Gasteiger partial charge in [-0.2, -0.15) is 4.98 Å². The van der Waals surface area contributed by atoms with Gasteiger partial charge in [-0.15, -0.1) is 5.10 Å². The van der Waals surface area contributed by atoms with Gasteiger partial charge < -0.3 is 15.2 Å². The minimum Gasteiger partial charge on any atom is -0.361 e. The molecule has 2 aromatic heterocycles. The summed E-state index contributed by atoms with van der Waals surface area (Å²) < 4.78 is 5.06. The average Bonchev–Trinajstić information content (AvgIpc) is 3.07. The lowest BCUT2D eigenvalue weighted by molar-refractivity contribution is 0.270. The molecular formula is C13H20N6O. The first kappa shape index (κ1) is 13.1. The fourth-order valence-corrected chi connectivity index (χ4v) is 2.64. The van der Waals surface area contributed by atoms with E-state index in [1.165, 1.54) is 0 Å². The molecule has 0 amide bonds. The van der Waals surface area contributed by atoms with Crippen LogP contribution in [-0.4, -0.2) is 40.0 Å². The predicted octanol–water partition coefficient (Wildman–Crippen LogP) is 1.33. The lowest BCUT2D eigenvalue weighted by Gasteiger charge is -2.39. The Labute approximate surface area is 117 Å². The Bertz CT molecular complexity index is 591. The second-order valence-electron chi connectivity index (χ2n) is 5.85. The van der Waals surface area contributed by atoms with Crippen molar-refractivity contribution in [1.82, 2.24) is 20.3 Å². The first-order chi connectivity index (χ1) is 9.59. The van der Waals surface area contributed by atoms with Gasteiger partial charge in [0.25, 0.3) is 0 Å². The number of aromatic amines is 1. The summed E-state index contributed by atoms with van der Waals surface area (Å²) in [4.78, 5) is 6.70. The molecule has 1 fully saturated rings. The fraction of sp³-hybridized carbons (Fsp3) is 0.615. The average molecular weight is 276 g/mol. The van der Waals surface area contributed by atoms with E-state index in [0.717, 1.165) is 31.7 Å². The van der Waals surface area contributed by atoms with Crippen LogP contribution in [0.25, 0.3) is 11.5 Å². The molecule has 1 atom stereocenters. The number of piperidine rings is 1. The fourth-order valence-electron chi connectivity index (χ4n) is 2.64. The van der Waals surface area contributed by atoms with Crippen LogP contribution in [0.5, 0.6) is 0 Å². The van der Waals surface area contributed by atoms with E-state index in [9.17, 15) is 0 Å². The first-order valence-corrected chi connectivity index (χ1v) is 6.91. The number of nitrogens with two attached hydrogens (primary N) is 1. The molecule has 0 aromatic carbocycles. The number of hydrogen-bond acceptors (Lipinski definition) is 6. The highest BCUT2D eigenvalue weighted by Crippen LogP contribution is 2.30. The van der Waals surface area contributed by atoms with Crippen LogP contribution in [0, 0.1) is 12.3 Å². The first-order valence-electron chi connectivity index (χ1n) is 6.91. The molecule has 0 saturated carbocycles. The highest BCUT2D eigenvalue weighted by Gasteiger charge is 2.31. The Morgan fingerprint density at radius 2 is 2.40 bits per heavy atom. The number of aromatic nitrogens is 4. The highest BCUT2D eigenvalue weighted by atomic mass is 16.5. The van der Waals surface area contributed by atoms with E-state index in [2.05, 4.69) is 32.2 Å². The lowest BCUT2D eigenvalue weighted by atomic mass is 9.82. The summed E-state index contributed by atoms with van der Waals surface area (Å²) in [5.74, 6) is 2.10. The van der Waals surface area contributed by atoms with Crippen molar-refractivity contribution in [3.05, 3.63) is 11.8 Å². The van der Waals surface area contributed by atoms with Gasteiger partial charge in [-0.3, -0.25) is 5.10 Å². The van der Waals surface area contributed by atoms with Crippen LogP contribution in [-0.2, 0) is 0 Å². The van der Waals surface area contributed by atoms with E-state index >= 15 is 0 Å². The second kappa shape index (κ2) is 4.90. The van der Waals surface area contributed by atoms with Crippen LogP contribution in [0.3, 0.4) is 0 Å². The van der Waals surface area contributed by atoms with Crippen molar-refractivity contribution in [1.29, 1.82) is 0 Å². The minimum absolute atomic E-state index is 0.142. The number of rotatable bonds is 3. The maximum Gasteiger partial charge on any atom is 0.245 e. The van der Waals surface area contributed by atoms with Crippen molar-refractivity contribution in [2.45, 2.75) is 26.7 Å². The third-order valence-electron chi connectivity index (χ3n) is 3.90. The van der Waals surface area contributed by atoms with Crippen molar-refractivity contribution in [3.8, 4) is 11.5 Å². The Morgan fingerprint density at radius 3 is 3.10 bits per heavy atom. The van der Waals surface area contributed by atoms with Gasteiger partial charge in [-0.1, -0.05) is 12.1 Å². The topological polar surface area (TPSA) is 96.9 Å². The largest absolute Gasteiger partial charge is 0.361 e. The molecule has 0 spiro atoms. The molecule has 3 heterocycles. The maximum atomic E-state index is 5.88. The number of nitrogens with zero attached hydrogens (tertiary/aromatic N) is 4. The third kappa shape index (κ3) is 2.40. The van der Waals surface area contributed by atoms with E-state index in [1.54, 1.807) is 0 Å². The van der Waals surface area contributed by atoms with E-state index in [1.807, 2.05) is 13.0 Å². The predicted molar refractivity (Wildman–Crippen MR) is 75.2 cm³/mol. The van der Waals surface area contributed by atoms with E-state index in [4.69, 9.17) is 10.3 Å². The molecule has 7 heteroatoms. The van der Waals surface area contributed by atoms with Crippen molar-refractivity contribution in [2.24, 2.45) is 11.1 Å². The number of anilines is 1. The van der Waals surface area contributed by atoms with Crippen LogP contribution in [0.15, 0.2) is 10.6 Å². The summed E-state index contributed by atoms with van der Waals surface area (Å²) in [6.07, 6.45) is 2.26. The van der Waals surface area contributed by atoms with E-state index in [0.29, 0.717) is 24.0 Å². The van der Waals surface area contributed by atoms with Gasteiger partial charge >= 0.3 is 0 Å². The monoisotopic (exact) mass is 276 g/mol. The van der Waals surface area contributed by atoms with Gasteiger partial charge in [-0.05, 0) is 31.7 Å². The molecule has 0 radical (unpaired) electrons. The zero-order valence-electron chi connectivity index (χ0n) is 11.9. The van der Waals surface area contributed by atoms with Crippen LogP contribution >= 0.6 is 0 Å². The molecule has 1 unspecified atom stereocenters. The molecule has 108 valence electrons. The molecule has 20 heavy (non-hydrogen) atoms. The molecular weight excluding hydrogens is 256 g/mol. The summed E-state index contributed by atoms with van der Waals surface area (Å²) in [5, 5.41) is 11.2. The van der Waals surface area contributed by atoms with Gasteiger partial charge in [0.05, 0.1) is 0 Å². The van der Waals surface area contributed by atoms with Crippen LogP contribution in [0.1, 0.15) is 25.5 Å². The zero-order chi connectivity index (χ0) is 14.2. The van der Waals surface area contributed by atoms with Gasteiger partial charge in [0.15, 0.2) is 11.5 Å². The van der Waals surface area contributed by atoms with Crippen molar-refractivity contribution >= 4 is 5.95 Å². The van der Waals surface area contributed by atoms with Gasteiger partial charge in [-0.25, -0.2) is 0 Å². The molecule has 1 aliphatic rings. The maximum absolute atomic E-state index is 5.88. The third-order valence-corrected chi connectivity index (χ3v) is 3.90. The summed E-state index contributed by atoms with van der Waals surface area (Å²) >= 11 is 0. The molecule has 0 bridgehead atoms. The Balaban J connectivity index is 1.80. The molecule has 0 aliphatic carbocycles. The summed E-state index contributed by atoms with van der Waals surface area (Å²) in [6, 6.07) is 1.84. The van der Waals surface area contributed by atoms with Crippen LogP contribution in [0.4, 0.5) is 5.95 Å². The Hall–Kier alpha value is -1.89. The van der Waals surface area contributed by atoms with Gasteiger partial charge in [0.2, 0.25) is 5.95 Å². The number of hydrogen-bond donors (Lipinski definition) is 2. The van der Waals surface area contributed by atoms with Crippen LogP contribution in [0.2, 0.25) is 0 Å². The normalized spacial score (nSPS) is 23.2. The Morgan fingerprint density at radius 1 is 1.55 bits per heavy atom. The lowest BCUT2D eigenvalue weighted by Crippen LogP contribution is -2.46. The van der Waals surface area contributed by atoms with Crippen molar-refractivity contribution in [2.75, 3.05) is 24.5 Å². The summed E-state index contributed by atoms with van der Waals surface area (Å²) in [5.41, 5.74) is 6.70. The zero-order valence-corrected chi connectivity index (χ0v) is 11.9. The summed E-state index contributed by atoms with van der Waals surface area (Å²) in [7, 11) is 0. The number of aryl methyl sites for hydroxylation is 1. The van der Waals surface area contributed by atoms with E-state index in [-0.39, 0.29) is 5.41 Å². The van der Waals surface area contributed by atoms with Crippen molar-refractivity contribution in [3.63, 3.8) is 0 Å². The van der Waals surface area contributed by atoms with Gasteiger partial charge in [0, 0.05) is 19.2 Å². The molecule has 2 aromatic rings. The quantitative estimate of drug-likeness (QED) is 0.878. The number of nitrogens with one attached hydrogen (secondary N) is 1. The smallest absolute Gasteiger partial charge is 0.245 e. The standard InChI is InChI=1S/C13H20N6O/c1-9-6-10(18-20-9)11-15-12(17-16-11)19-5-3-4-13(2,7-14)8-19/h6H,3-5,7-8,14H2,1-2H3,(H,15,16,17). The summed E-state index contributed by atoms with van der Waals surface area (Å²) in [6.45, 7) is 6.60. The molecule has 1 aliphatic heterocycles. The van der Waals surface area contributed by atoms with Crippen molar-refractivity contribution < 1.29 is 4.52 Å². The number of H-pyrrole nitrogens is 1. The van der Waals surface area contributed by atoms with Crippen LogP contribution < -0.4 is 10.6 Å². The Kier molecular flexibility index (Phi) is 3.21. The second-order valence-corrected chi connectivity index (χ2v) is 5.85. The molecule has 7 nitrogen and oxygen atoms in total. The minimum atomic E-state index is 0.142.